The van der Waals surface area contributed by atoms with Gasteiger partial charge in [-0.2, -0.15) is 0 Å². The summed E-state index contributed by atoms with van der Waals surface area (Å²) in [5.74, 6) is -0.933. The highest BCUT2D eigenvalue weighted by Crippen LogP contribution is 2.08. The molecule has 0 aliphatic heterocycles. The Kier molecular flexibility index (Phi) is 4.40. The first-order valence-electron chi connectivity index (χ1n) is 3.91. The standard InChI is InChI=1S/C8H15NO4/c1-8(2,7(9)11)13-5-4-6(10)12-3/h4-5H2,1-3H3,(H2,9,11). The normalized spacial score (nSPS) is 11.0. The number of amides is 1. The minimum absolute atomic E-state index is 0.118. The molecule has 0 saturated carbocycles. The van der Waals surface area contributed by atoms with E-state index in [9.17, 15) is 9.59 Å². The average molecular weight is 189 g/mol. The summed E-state index contributed by atoms with van der Waals surface area (Å²) in [6, 6.07) is 0. The number of carbonyl (C=O) groups is 2. The zero-order valence-corrected chi connectivity index (χ0v) is 8.12. The van der Waals surface area contributed by atoms with Crippen molar-refractivity contribution < 1.29 is 19.1 Å². The Hall–Kier alpha value is -1.10. The van der Waals surface area contributed by atoms with E-state index < -0.39 is 11.5 Å². The van der Waals surface area contributed by atoms with Crippen LogP contribution in [0.4, 0.5) is 0 Å². The lowest BCUT2D eigenvalue weighted by molar-refractivity contribution is -0.148. The molecule has 76 valence electrons. The number of esters is 1. The fraction of sp³-hybridized carbons (Fsp3) is 0.750. The first-order valence-corrected chi connectivity index (χ1v) is 3.91. The lowest BCUT2D eigenvalue weighted by Gasteiger charge is -2.20. The molecule has 0 aromatic heterocycles. The molecule has 0 spiro atoms. The SMILES string of the molecule is COC(=O)CCOC(C)(C)C(N)=O. The Balaban J connectivity index is 3.76. The number of rotatable bonds is 5. The number of primary amides is 1. The van der Waals surface area contributed by atoms with Crippen molar-refractivity contribution in [1.29, 1.82) is 0 Å². The van der Waals surface area contributed by atoms with Crippen LogP contribution in [0.15, 0.2) is 0 Å². The minimum Gasteiger partial charge on any atom is -0.469 e. The van der Waals surface area contributed by atoms with Crippen LogP contribution in [0, 0.1) is 0 Å². The second-order valence-electron chi connectivity index (χ2n) is 3.05. The van der Waals surface area contributed by atoms with Crippen molar-refractivity contribution in [3.8, 4) is 0 Å². The quantitative estimate of drug-likeness (QED) is 0.609. The van der Waals surface area contributed by atoms with Gasteiger partial charge in [0.25, 0.3) is 0 Å². The Morgan fingerprint density at radius 3 is 2.31 bits per heavy atom. The smallest absolute Gasteiger partial charge is 0.307 e. The summed E-state index contributed by atoms with van der Waals surface area (Å²) in [4.78, 5) is 21.4. The van der Waals surface area contributed by atoms with Gasteiger partial charge in [0.05, 0.1) is 20.1 Å². The Morgan fingerprint density at radius 1 is 1.38 bits per heavy atom. The van der Waals surface area contributed by atoms with E-state index >= 15 is 0 Å². The number of methoxy groups -OCH3 is 1. The summed E-state index contributed by atoms with van der Waals surface area (Å²) < 4.78 is 9.48. The molecule has 1 amide bonds. The van der Waals surface area contributed by atoms with Crippen molar-refractivity contribution in [3.05, 3.63) is 0 Å². The van der Waals surface area contributed by atoms with Gasteiger partial charge in [-0.1, -0.05) is 0 Å². The number of hydrogen-bond acceptors (Lipinski definition) is 4. The minimum atomic E-state index is -1.03. The second-order valence-corrected chi connectivity index (χ2v) is 3.05. The molecule has 0 heterocycles. The molecule has 0 aliphatic rings. The third-order valence-corrected chi connectivity index (χ3v) is 1.59. The maximum atomic E-state index is 10.7. The molecule has 0 fully saturated rings. The van der Waals surface area contributed by atoms with Gasteiger partial charge in [-0.15, -0.1) is 0 Å². The highest BCUT2D eigenvalue weighted by atomic mass is 16.5. The largest absolute Gasteiger partial charge is 0.469 e. The van der Waals surface area contributed by atoms with E-state index in [1.807, 2.05) is 0 Å². The van der Waals surface area contributed by atoms with Gasteiger partial charge in [0.2, 0.25) is 5.91 Å². The fourth-order valence-electron chi connectivity index (χ4n) is 0.563. The second kappa shape index (κ2) is 4.81. The van der Waals surface area contributed by atoms with Crippen molar-refractivity contribution in [2.45, 2.75) is 25.9 Å². The van der Waals surface area contributed by atoms with Crippen molar-refractivity contribution in [2.75, 3.05) is 13.7 Å². The summed E-state index contributed by atoms with van der Waals surface area (Å²) in [5.41, 5.74) is 4.01. The molecule has 5 heteroatoms. The third kappa shape index (κ3) is 4.47. The molecular formula is C8H15NO4. The summed E-state index contributed by atoms with van der Waals surface area (Å²) in [6.45, 7) is 3.22. The van der Waals surface area contributed by atoms with Crippen LogP contribution >= 0.6 is 0 Å². The molecule has 0 bridgehead atoms. The molecule has 13 heavy (non-hydrogen) atoms. The lowest BCUT2D eigenvalue weighted by atomic mass is 10.1. The van der Waals surface area contributed by atoms with E-state index in [1.54, 1.807) is 13.8 Å². The third-order valence-electron chi connectivity index (χ3n) is 1.59. The van der Waals surface area contributed by atoms with Crippen LogP contribution in [-0.4, -0.2) is 31.2 Å². The van der Waals surface area contributed by atoms with Crippen LogP contribution in [0.5, 0.6) is 0 Å². The maximum absolute atomic E-state index is 10.7. The first kappa shape index (κ1) is 11.9. The van der Waals surface area contributed by atoms with Crippen LogP contribution < -0.4 is 5.73 Å². The molecule has 0 unspecified atom stereocenters. The molecule has 2 N–H and O–H groups in total. The van der Waals surface area contributed by atoms with Gasteiger partial charge < -0.3 is 15.2 Å². The van der Waals surface area contributed by atoms with Gasteiger partial charge in [-0.05, 0) is 13.8 Å². The monoisotopic (exact) mass is 189 g/mol. The van der Waals surface area contributed by atoms with E-state index in [0.29, 0.717) is 0 Å². The van der Waals surface area contributed by atoms with Crippen LogP contribution in [0.2, 0.25) is 0 Å². The van der Waals surface area contributed by atoms with E-state index in [-0.39, 0.29) is 19.0 Å². The molecular weight excluding hydrogens is 174 g/mol. The number of hydrogen-bond donors (Lipinski definition) is 1. The highest BCUT2D eigenvalue weighted by molar-refractivity contribution is 5.82. The average Bonchev–Trinajstić information content (AvgIpc) is 2.03. The molecule has 5 nitrogen and oxygen atoms in total. The van der Waals surface area contributed by atoms with Crippen LogP contribution in [-0.2, 0) is 19.1 Å². The number of nitrogens with two attached hydrogens (primary N) is 1. The highest BCUT2D eigenvalue weighted by Gasteiger charge is 2.25. The summed E-state index contributed by atoms with van der Waals surface area (Å²) in [6.07, 6.45) is 0.118. The molecule has 0 aromatic rings. The van der Waals surface area contributed by atoms with Crippen molar-refractivity contribution in [3.63, 3.8) is 0 Å². The number of carbonyl (C=O) groups excluding carboxylic acids is 2. The molecule has 0 aromatic carbocycles. The van der Waals surface area contributed by atoms with Crippen LogP contribution in [0.25, 0.3) is 0 Å². The Morgan fingerprint density at radius 2 is 1.92 bits per heavy atom. The zero-order chi connectivity index (χ0) is 10.5. The van der Waals surface area contributed by atoms with Crippen molar-refractivity contribution in [2.24, 2.45) is 5.73 Å². The molecule has 0 aliphatic carbocycles. The molecule has 0 atom stereocenters. The van der Waals surface area contributed by atoms with Gasteiger partial charge in [0.15, 0.2) is 0 Å². The van der Waals surface area contributed by atoms with Crippen LogP contribution in [0.1, 0.15) is 20.3 Å². The topological polar surface area (TPSA) is 78.6 Å². The summed E-state index contributed by atoms with van der Waals surface area (Å²) in [7, 11) is 1.29. The molecule has 0 rings (SSSR count). The first-order chi connectivity index (χ1) is 5.90. The van der Waals surface area contributed by atoms with Crippen molar-refractivity contribution >= 4 is 11.9 Å². The maximum Gasteiger partial charge on any atom is 0.307 e. The van der Waals surface area contributed by atoms with E-state index in [4.69, 9.17) is 10.5 Å². The Bertz CT molecular complexity index is 200. The number of ether oxygens (including phenoxy) is 2. The predicted octanol–water partition coefficient (Wildman–Crippen LogP) is -0.170. The van der Waals surface area contributed by atoms with Gasteiger partial charge in [0.1, 0.15) is 5.60 Å². The van der Waals surface area contributed by atoms with Gasteiger partial charge in [0, 0.05) is 0 Å². The van der Waals surface area contributed by atoms with E-state index in [1.165, 1.54) is 7.11 Å². The Labute approximate surface area is 77.2 Å². The zero-order valence-electron chi connectivity index (χ0n) is 8.12. The molecule has 0 radical (unpaired) electrons. The fourth-order valence-corrected chi connectivity index (χ4v) is 0.563. The van der Waals surface area contributed by atoms with E-state index in [0.717, 1.165) is 0 Å². The van der Waals surface area contributed by atoms with Gasteiger partial charge >= 0.3 is 5.97 Å². The predicted molar refractivity (Wildman–Crippen MR) is 45.9 cm³/mol. The van der Waals surface area contributed by atoms with Gasteiger partial charge in [-0.25, -0.2) is 0 Å². The molecule has 0 saturated heterocycles. The van der Waals surface area contributed by atoms with E-state index in [2.05, 4.69) is 4.74 Å². The summed E-state index contributed by atoms with van der Waals surface area (Å²) in [5, 5.41) is 0. The summed E-state index contributed by atoms with van der Waals surface area (Å²) >= 11 is 0. The van der Waals surface area contributed by atoms with Crippen molar-refractivity contribution in [1.82, 2.24) is 0 Å². The van der Waals surface area contributed by atoms with Gasteiger partial charge in [-0.3, -0.25) is 9.59 Å². The van der Waals surface area contributed by atoms with Crippen LogP contribution in [0.3, 0.4) is 0 Å². The lowest BCUT2D eigenvalue weighted by Crippen LogP contribution is -2.41.